The molecule has 7 nitrogen and oxygen atoms in total. The maximum atomic E-state index is 13.7. The number of carboxylic acid groups (broad SMARTS) is 1. The number of anilines is 1. The summed E-state index contributed by atoms with van der Waals surface area (Å²) >= 11 is 3.44. The summed E-state index contributed by atoms with van der Waals surface area (Å²) in [7, 11) is 0. The first-order valence-electron chi connectivity index (χ1n) is 15.3. The number of rotatable bonds is 10. The van der Waals surface area contributed by atoms with Crippen molar-refractivity contribution in [3.05, 3.63) is 106 Å². The highest BCUT2D eigenvalue weighted by Gasteiger charge is 2.39. The summed E-state index contributed by atoms with van der Waals surface area (Å²) in [5, 5.41) is 13.6. The van der Waals surface area contributed by atoms with Crippen LogP contribution in [0.5, 0.6) is 0 Å². The number of aliphatic carboxylic acids is 1. The maximum absolute atomic E-state index is 13.7. The molecule has 0 fully saturated rings. The Bertz CT molecular complexity index is 1570. The fraction of sp³-hybridized carbons (Fsp3) is 0.361. The van der Waals surface area contributed by atoms with Crippen molar-refractivity contribution in [3.63, 3.8) is 0 Å². The van der Waals surface area contributed by atoms with Gasteiger partial charge >= 0.3 is 17.9 Å². The van der Waals surface area contributed by atoms with E-state index in [1.54, 1.807) is 17.0 Å². The first-order chi connectivity index (χ1) is 21.6. The predicted molar refractivity (Wildman–Crippen MR) is 180 cm³/mol. The van der Waals surface area contributed by atoms with Crippen molar-refractivity contribution in [3.8, 4) is 0 Å². The van der Waals surface area contributed by atoms with Crippen LogP contribution in [0, 0.1) is 11.3 Å². The highest BCUT2D eigenvalue weighted by atomic mass is 79.9. The molecule has 1 aliphatic rings. The number of amides is 3. The molecule has 0 bridgehead atoms. The van der Waals surface area contributed by atoms with E-state index in [4.69, 9.17) is 5.11 Å². The lowest BCUT2D eigenvalue weighted by Gasteiger charge is -2.33. The van der Waals surface area contributed by atoms with Gasteiger partial charge in [-0.1, -0.05) is 79.2 Å². The van der Waals surface area contributed by atoms with Gasteiger partial charge in [0.2, 0.25) is 0 Å². The number of urea groups is 1. The van der Waals surface area contributed by atoms with Gasteiger partial charge in [-0.25, -0.2) is 9.59 Å². The molecular weight excluding hydrogens is 656 g/mol. The first-order valence-corrected chi connectivity index (χ1v) is 16.0. The lowest BCUT2D eigenvalue weighted by Crippen LogP contribution is -2.42. The minimum absolute atomic E-state index is 0.0867. The van der Waals surface area contributed by atoms with Crippen LogP contribution in [0.3, 0.4) is 0 Å². The Kier molecular flexibility index (Phi) is 11.0. The second-order valence-corrected chi connectivity index (χ2v) is 13.7. The number of nitrogens with one attached hydrogen (secondary N) is 2. The zero-order valence-electron chi connectivity index (χ0n) is 26.4. The summed E-state index contributed by atoms with van der Waals surface area (Å²) in [6.07, 6.45) is 5.51. The Labute approximate surface area is 277 Å². The molecule has 10 heteroatoms. The van der Waals surface area contributed by atoms with Gasteiger partial charge in [0.25, 0.3) is 5.91 Å². The number of carbonyl (C=O) groups is 3. The smallest absolute Gasteiger partial charge is 0.376 e. The van der Waals surface area contributed by atoms with Crippen molar-refractivity contribution in [1.29, 1.82) is 0 Å². The van der Waals surface area contributed by atoms with E-state index in [-0.39, 0.29) is 29.6 Å². The molecule has 0 spiro atoms. The van der Waals surface area contributed by atoms with Gasteiger partial charge in [0.1, 0.15) is 0 Å². The Morgan fingerprint density at radius 3 is 2.15 bits per heavy atom. The zero-order valence-corrected chi connectivity index (χ0v) is 28.0. The number of hydrogen-bond donors (Lipinski definition) is 3. The molecule has 3 aromatic rings. The molecule has 0 saturated heterocycles. The average molecular weight is 697 g/mol. The minimum Gasteiger partial charge on any atom is -0.477 e. The molecule has 3 aromatic carbocycles. The Hall–Kier alpha value is -4.05. The largest absolute Gasteiger partial charge is 0.477 e. The van der Waals surface area contributed by atoms with E-state index in [2.05, 4.69) is 48.1 Å². The molecule has 2 atom stereocenters. The van der Waals surface area contributed by atoms with Crippen LogP contribution in [0.4, 0.5) is 19.3 Å². The SMILES string of the molecule is CC(NC(=O)N(Cc1ccc(C(=O)NCC(F)(F)C(=O)O)cc1)c1ccc(C2=CCC(C(C)(C)C)CC2)cc1)c1ccc(Br)cc1. The predicted octanol–water partition coefficient (Wildman–Crippen LogP) is 8.61. The lowest BCUT2D eigenvalue weighted by molar-refractivity contribution is -0.163. The molecule has 4 rings (SSSR count). The quantitative estimate of drug-likeness (QED) is 0.198. The van der Waals surface area contributed by atoms with E-state index in [9.17, 15) is 23.2 Å². The summed E-state index contributed by atoms with van der Waals surface area (Å²) in [5.74, 6) is -6.57. The number of carboxylic acids is 1. The molecular formula is C36H40BrF2N3O4. The summed E-state index contributed by atoms with van der Waals surface area (Å²) in [6.45, 7) is 7.62. The molecule has 0 heterocycles. The topological polar surface area (TPSA) is 98.7 Å². The van der Waals surface area contributed by atoms with Crippen LogP contribution in [-0.2, 0) is 11.3 Å². The van der Waals surface area contributed by atoms with Crippen LogP contribution < -0.4 is 15.5 Å². The first kappa shape index (κ1) is 34.8. The number of nitrogens with zero attached hydrogens (tertiary/aromatic N) is 1. The third kappa shape index (κ3) is 9.02. The zero-order chi connectivity index (χ0) is 33.6. The molecule has 0 aromatic heterocycles. The van der Waals surface area contributed by atoms with Crippen LogP contribution >= 0.6 is 15.9 Å². The lowest BCUT2D eigenvalue weighted by atomic mass is 9.72. The van der Waals surface area contributed by atoms with E-state index in [1.165, 1.54) is 17.7 Å². The molecule has 0 saturated carbocycles. The van der Waals surface area contributed by atoms with Crippen LogP contribution in [0.2, 0.25) is 0 Å². The maximum Gasteiger partial charge on any atom is 0.376 e. The highest BCUT2D eigenvalue weighted by Crippen LogP contribution is 2.40. The number of halogens is 3. The van der Waals surface area contributed by atoms with E-state index in [1.807, 2.05) is 60.8 Å². The minimum atomic E-state index is -4.07. The standard InChI is InChI=1S/C36H40BrF2N3O4/c1-23(25-11-17-30(37)18-12-25)41-34(46)42(21-24-5-7-28(8-6-24)32(43)40-22-36(38,39)33(44)45)31-19-13-27(14-20-31)26-9-15-29(16-10-26)35(2,3)4/h5-9,11-14,17-20,23,29H,10,15-16,21-22H2,1-4H3,(H,40,43)(H,41,46)(H,44,45). The Morgan fingerprint density at radius 2 is 1.61 bits per heavy atom. The van der Waals surface area contributed by atoms with Crippen molar-refractivity contribution >= 4 is 45.1 Å². The Balaban J connectivity index is 1.53. The molecule has 46 heavy (non-hydrogen) atoms. The molecule has 0 aliphatic heterocycles. The summed E-state index contributed by atoms with van der Waals surface area (Å²) in [6, 6.07) is 21.2. The van der Waals surface area contributed by atoms with Crippen molar-refractivity contribution in [2.24, 2.45) is 11.3 Å². The van der Waals surface area contributed by atoms with Gasteiger partial charge in [-0.05, 0) is 96.2 Å². The third-order valence-corrected chi connectivity index (χ3v) is 9.01. The van der Waals surface area contributed by atoms with E-state index >= 15 is 0 Å². The second-order valence-electron chi connectivity index (χ2n) is 12.8. The van der Waals surface area contributed by atoms with Crippen molar-refractivity contribution < 1.29 is 28.3 Å². The fourth-order valence-corrected chi connectivity index (χ4v) is 5.69. The molecule has 1 aliphatic carbocycles. The monoisotopic (exact) mass is 695 g/mol. The highest BCUT2D eigenvalue weighted by molar-refractivity contribution is 9.10. The molecule has 2 unspecified atom stereocenters. The van der Waals surface area contributed by atoms with Gasteiger partial charge in [0, 0.05) is 15.7 Å². The number of carbonyl (C=O) groups excluding carboxylic acids is 2. The summed E-state index contributed by atoms with van der Waals surface area (Å²) in [4.78, 5) is 38.4. The van der Waals surface area contributed by atoms with Crippen LogP contribution in [0.25, 0.3) is 5.57 Å². The number of hydrogen-bond acceptors (Lipinski definition) is 3. The third-order valence-electron chi connectivity index (χ3n) is 8.48. The van der Waals surface area contributed by atoms with E-state index in [0.29, 0.717) is 17.2 Å². The van der Waals surface area contributed by atoms with Gasteiger partial charge in [-0.2, -0.15) is 8.78 Å². The fourth-order valence-electron chi connectivity index (χ4n) is 5.43. The van der Waals surface area contributed by atoms with E-state index in [0.717, 1.165) is 34.9 Å². The Morgan fingerprint density at radius 1 is 0.978 bits per heavy atom. The number of allylic oxidation sites excluding steroid dienone is 2. The molecule has 3 N–H and O–H groups in total. The average Bonchev–Trinajstić information content (AvgIpc) is 3.02. The van der Waals surface area contributed by atoms with Crippen LogP contribution in [0.15, 0.2) is 83.3 Å². The van der Waals surface area contributed by atoms with Crippen LogP contribution in [-0.4, -0.2) is 35.5 Å². The van der Waals surface area contributed by atoms with Crippen molar-refractivity contribution in [2.45, 2.75) is 65.5 Å². The second kappa shape index (κ2) is 14.6. The molecule has 244 valence electrons. The summed E-state index contributed by atoms with van der Waals surface area (Å²) < 4.78 is 27.8. The van der Waals surface area contributed by atoms with Crippen molar-refractivity contribution in [2.75, 3.05) is 11.4 Å². The van der Waals surface area contributed by atoms with Crippen molar-refractivity contribution in [1.82, 2.24) is 10.6 Å². The van der Waals surface area contributed by atoms with Gasteiger partial charge in [0.05, 0.1) is 19.1 Å². The van der Waals surface area contributed by atoms with Gasteiger partial charge in [-0.3, -0.25) is 9.69 Å². The van der Waals surface area contributed by atoms with Crippen LogP contribution in [0.1, 0.15) is 80.0 Å². The van der Waals surface area contributed by atoms with Gasteiger partial charge < -0.3 is 15.7 Å². The molecule has 0 radical (unpaired) electrons. The number of alkyl halides is 2. The molecule has 3 amide bonds. The summed E-state index contributed by atoms with van der Waals surface area (Å²) in [5.41, 5.74) is 5.11. The van der Waals surface area contributed by atoms with Gasteiger partial charge in [-0.15, -0.1) is 0 Å². The number of benzene rings is 3. The van der Waals surface area contributed by atoms with Gasteiger partial charge in [0.15, 0.2) is 0 Å². The normalized spacial score (nSPS) is 15.8. The van der Waals surface area contributed by atoms with E-state index < -0.39 is 24.3 Å².